The third-order valence-electron chi connectivity index (χ3n) is 4.54. The number of halogens is 1. The molecule has 0 aliphatic carbocycles. The molecule has 0 saturated carbocycles. The van der Waals surface area contributed by atoms with Crippen LogP contribution in [0.1, 0.15) is 22.2 Å². The molecule has 2 heterocycles. The average molecular weight is 366 g/mol. The fraction of sp³-hybridized carbons (Fsp3) is 0.200. The molecule has 1 atom stereocenters. The normalized spacial score (nSPS) is 15.9. The van der Waals surface area contributed by atoms with E-state index >= 15 is 0 Å². The van der Waals surface area contributed by atoms with Crippen molar-refractivity contribution >= 4 is 5.91 Å². The number of rotatable bonds is 5. The van der Waals surface area contributed by atoms with Crippen LogP contribution in [-0.2, 0) is 6.54 Å². The van der Waals surface area contributed by atoms with Crippen molar-refractivity contribution in [3.05, 3.63) is 71.7 Å². The second-order valence-electron chi connectivity index (χ2n) is 6.32. The minimum Gasteiger partial charge on any atom is -0.497 e. The van der Waals surface area contributed by atoms with Gasteiger partial charge in [0.1, 0.15) is 23.4 Å². The first-order valence-electron chi connectivity index (χ1n) is 8.64. The number of hydrogen-bond acceptors (Lipinski definition) is 4. The van der Waals surface area contributed by atoms with Gasteiger partial charge in [-0.25, -0.2) is 9.07 Å². The zero-order valence-electron chi connectivity index (χ0n) is 14.8. The summed E-state index contributed by atoms with van der Waals surface area (Å²) in [4.78, 5) is 12.2. The second-order valence-corrected chi connectivity index (χ2v) is 6.32. The van der Waals surface area contributed by atoms with E-state index in [-0.39, 0.29) is 17.9 Å². The lowest BCUT2D eigenvalue weighted by molar-refractivity contribution is 0.0900. The van der Waals surface area contributed by atoms with E-state index in [1.807, 2.05) is 24.3 Å². The molecule has 0 saturated heterocycles. The van der Waals surface area contributed by atoms with Crippen molar-refractivity contribution in [3.63, 3.8) is 0 Å². The van der Waals surface area contributed by atoms with Crippen LogP contribution in [0.15, 0.2) is 54.6 Å². The minimum absolute atomic E-state index is 0.171. The number of benzene rings is 2. The Morgan fingerprint density at radius 1 is 1.26 bits per heavy atom. The van der Waals surface area contributed by atoms with Gasteiger partial charge in [-0.05, 0) is 48.0 Å². The number of ether oxygens (including phenoxy) is 1. The first-order chi connectivity index (χ1) is 13.1. The Labute approximate surface area is 156 Å². The van der Waals surface area contributed by atoms with Gasteiger partial charge in [-0.15, -0.1) is 0 Å². The molecule has 1 aromatic heterocycles. The van der Waals surface area contributed by atoms with Crippen LogP contribution in [-0.4, -0.2) is 29.3 Å². The SMILES string of the molecule is COc1cccc(CN[C@H]2CNC(=O)c3cc(-c4ccc(F)cc4)nn32)c1. The molecule has 3 aromatic rings. The largest absolute Gasteiger partial charge is 0.497 e. The van der Waals surface area contributed by atoms with E-state index < -0.39 is 0 Å². The number of amides is 1. The number of methoxy groups -OCH3 is 1. The molecule has 138 valence electrons. The van der Waals surface area contributed by atoms with Crippen LogP contribution in [0.2, 0.25) is 0 Å². The molecule has 2 aromatic carbocycles. The molecule has 27 heavy (non-hydrogen) atoms. The molecule has 4 rings (SSSR count). The molecule has 1 aliphatic heterocycles. The molecular weight excluding hydrogens is 347 g/mol. The van der Waals surface area contributed by atoms with E-state index in [0.29, 0.717) is 24.5 Å². The molecule has 2 N–H and O–H groups in total. The van der Waals surface area contributed by atoms with E-state index in [1.54, 1.807) is 30.0 Å². The van der Waals surface area contributed by atoms with Crippen molar-refractivity contribution in [2.24, 2.45) is 0 Å². The van der Waals surface area contributed by atoms with E-state index in [0.717, 1.165) is 16.9 Å². The monoisotopic (exact) mass is 366 g/mol. The van der Waals surface area contributed by atoms with Gasteiger partial charge in [0.05, 0.1) is 19.3 Å². The Bertz CT molecular complexity index is 968. The van der Waals surface area contributed by atoms with Gasteiger partial charge in [-0.3, -0.25) is 10.1 Å². The first-order valence-corrected chi connectivity index (χ1v) is 8.64. The lowest BCUT2D eigenvalue weighted by atomic mass is 10.1. The van der Waals surface area contributed by atoms with E-state index in [2.05, 4.69) is 15.7 Å². The zero-order valence-corrected chi connectivity index (χ0v) is 14.8. The number of nitrogens with zero attached hydrogens (tertiary/aromatic N) is 2. The van der Waals surface area contributed by atoms with Crippen molar-refractivity contribution in [1.82, 2.24) is 20.4 Å². The molecule has 0 spiro atoms. The molecule has 0 radical (unpaired) electrons. The third kappa shape index (κ3) is 3.54. The third-order valence-corrected chi connectivity index (χ3v) is 4.54. The van der Waals surface area contributed by atoms with Gasteiger partial charge in [-0.1, -0.05) is 12.1 Å². The minimum atomic E-state index is -0.307. The molecule has 0 bridgehead atoms. The summed E-state index contributed by atoms with van der Waals surface area (Å²) < 4.78 is 20.1. The summed E-state index contributed by atoms with van der Waals surface area (Å²) in [6.45, 7) is 1.03. The molecule has 0 fully saturated rings. The van der Waals surface area contributed by atoms with E-state index in [4.69, 9.17) is 4.74 Å². The molecular formula is C20H19FN4O2. The quantitative estimate of drug-likeness (QED) is 0.729. The van der Waals surface area contributed by atoms with E-state index in [9.17, 15) is 9.18 Å². The Morgan fingerprint density at radius 3 is 2.85 bits per heavy atom. The summed E-state index contributed by atoms with van der Waals surface area (Å²) in [5.41, 5.74) is 2.94. The smallest absolute Gasteiger partial charge is 0.269 e. The summed E-state index contributed by atoms with van der Waals surface area (Å²) in [5, 5.41) is 10.9. The number of hydrogen-bond donors (Lipinski definition) is 2. The molecule has 0 unspecified atom stereocenters. The van der Waals surface area contributed by atoms with Crippen LogP contribution in [0.5, 0.6) is 5.75 Å². The van der Waals surface area contributed by atoms with Gasteiger partial charge in [0.2, 0.25) is 0 Å². The van der Waals surface area contributed by atoms with Crippen LogP contribution in [0.3, 0.4) is 0 Å². The highest BCUT2D eigenvalue weighted by molar-refractivity contribution is 5.94. The Hall–Kier alpha value is -3.19. The predicted molar refractivity (Wildman–Crippen MR) is 98.8 cm³/mol. The van der Waals surface area contributed by atoms with Crippen molar-refractivity contribution in [2.45, 2.75) is 12.7 Å². The highest BCUT2D eigenvalue weighted by atomic mass is 19.1. The lowest BCUT2D eigenvalue weighted by Gasteiger charge is -2.25. The predicted octanol–water partition coefficient (Wildman–Crippen LogP) is 2.73. The molecule has 1 amide bonds. The summed E-state index contributed by atoms with van der Waals surface area (Å²) >= 11 is 0. The van der Waals surface area contributed by atoms with Crippen molar-refractivity contribution in [2.75, 3.05) is 13.7 Å². The standard InChI is InChI=1S/C20H19FN4O2/c1-27-16-4-2-3-13(9-16)11-22-19-12-23-20(26)18-10-17(24-25(18)19)14-5-7-15(21)8-6-14/h2-10,19,22H,11-12H2,1H3,(H,23,26)/t19-/m1/s1. The Morgan fingerprint density at radius 2 is 2.07 bits per heavy atom. The van der Waals surface area contributed by atoms with E-state index in [1.165, 1.54) is 12.1 Å². The molecule has 7 heteroatoms. The van der Waals surface area contributed by atoms with Crippen LogP contribution < -0.4 is 15.4 Å². The van der Waals surface area contributed by atoms with Crippen LogP contribution in [0.25, 0.3) is 11.3 Å². The van der Waals surface area contributed by atoms with Gasteiger partial charge >= 0.3 is 0 Å². The van der Waals surface area contributed by atoms with Crippen LogP contribution >= 0.6 is 0 Å². The summed E-state index contributed by atoms with van der Waals surface area (Å²) in [6.07, 6.45) is -0.182. The van der Waals surface area contributed by atoms with Gasteiger partial charge in [-0.2, -0.15) is 5.10 Å². The summed E-state index contributed by atoms with van der Waals surface area (Å²) in [6, 6.07) is 15.6. The first kappa shape index (κ1) is 17.2. The Kier molecular flexibility index (Phi) is 4.60. The highest BCUT2D eigenvalue weighted by Gasteiger charge is 2.27. The second kappa shape index (κ2) is 7.20. The van der Waals surface area contributed by atoms with Gasteiger partial charge < -0.3 is 10.1 Å². The lowest BCUT2D eigenvalue weighted by Crippen LogP contribution is -2.45. The van der Waals surface area contributed by atoms with Crippen molar-refractivity contribution in [3.8, 4) is 17.0 Å². The highest BCUT2D eigenvalue weighted by Crippen LogP contribution is 2.23. The van der Waals surface area contributed by atoms with Crippen molar-refractivity contribution in [1.29, 1.82) is 0 Å². The zero-order chi connectivity index (χ0) is 18.8. The molecule has 6 nitrogen and oxygen atoms in total. The maximum atomic E-state index is 13.2. The maximum Gasteiger partial charge on any atom is 0.269 e. The van der Waals surface area contributed by atoms with Crippen molar-refractivity contribution < 1.29 is 13.9 Å². The van der Waals surface area contributed by atoms with Gasteiger partial charge in [0, 0.05) is 12.1 Å². The molecule has 1 aliphatic rings. The number of fused-ring (bicyclic) bond motifs is 1. The number of nitrogens with one attached hydrogen (secondary N) is 2. The van der Waals surface area contributed by atoms with Gasteiger partial charge in [0.15, 0.2) is 0 Å². The number of carbonyl (C=O) groups is 1. The maximum absolute atomic E-state index is 13.2. The summed E-state index contributed by atoms with van der Waals surface area (Å²) in [7, 11) is 1.64. The summed E-state index contributed by atoms with van der Waals surface area (Å²) in [5.74, 6) is 0.318. The topological polar surface area (TPSA) is 68.2 Å². The number of carbonyl (C=O) groups excluding carboxylic acids is 1. The average Bonchev–Trinajstić information content (AvgIpc) is 3.15. The van der Waals surface area contributed by atoms with Crippen LogP contribution in [0, 0.1) is 5.82 Å². The fourth-order valence-electron chi connectivity index (χ4n) is 3.11. The van der Waals surface area contributed by atoms with Gasteiger partial charge in [0.25, 0.3) is 5.91 Å². The van der Waals surface area contributed by atoms with Crippen LogP contribution in [0.4, 0.5) is 4.39 Å². The fourth-order valence-corrected chi connectivity index (χ4v) is 3.11. The Balaban J connectivity index is 1.57. The number of aromatic nitrogens is 2.